The number of carbonyl (C=O) groups is 1. The monoisotopic (exact) mass is 272 g/mol. The van der Waals surface area contributed by atoms with Crippen LogP contribution in [0.1, 0.15) is 19.3 Å². The number of hydrogen-bond donors (Lipinski definition) is 2. The Morgan fingerprint density at radius 2 is 2.11 bits per heavy atom. The van der Waals surface area contributed by atoms with Gasteiger partial charge in [-0.15, -0.1) is 11.8 Å². The van der Waals surface area contributed by atoms with E-state index in [2.05, 4.69) is 5.32 Å². The van der Waals surface area contributed by atoms with Crippen molar-refractivity contribution in [3.63, 3.8) is 0 Å². The summed E-state index contributed by atoms with van der Waals surface area (Å²) >= 11 is 1.56. The summed E-state index contributed by atoms with van der Waals surface area (Å²) in [6.45, 7) is 0. The molecule has 0 aromatic heterocycles. The maximum absolute atomic E-state index is 13.4. The molecule has 1 aliphatic rings. The van der Waals surface area contributed by atoms with Gasteiger partial charge < -0.3 is 11.1 Å². The molecule has 1 saturated heterocycles. The summed E-state index contributed by atoms with van der Waals surface area (Å²) in [5, 5.41) is 2.30. The molecule has 3 N–H and O–H groups in total. The molecule has 1 aromatic carbocycles. The predicted octanol–water partition coefficient (Wildman–Crippen LogP) is 2.77. The third-order valence-electron chi connectivity index (χ3n) is 2.82. The number of carbonyl (C=O) groups excluding carboxylic acids is 1. The van der Waals surface area contributed by atoms with Gasteiger partial charge in [-0.25, -0.2) is 8.78 Å². The van der Waals surface area contributed by atoms with Crippen LogP contribution in [0.4, 0.5) is 20.2 Å². The van der Waals surface area contributed by atoms with Crippen LogP contribution in [0.5, 0.6) is 0 Å². The van der Waals surface area contributed by atoms with E-state index in [1.807, 2.05) is 0 Å². The van der Waals surface area contributed by atoms with Crippen LogP contribution in [0.3, 0.4) is 0 Å². The summed E-state index contributed by atoms with van der Waals surface area (Å²) in [6.07, 6.45) is 2.89. The molecule has 0 spiro atoms. The van der Waals surface area contributed by atoms with Crippen LogP contribution in [0.25, 0.3) is 0 Å². The number of rotatable bonds is 2. The molecule has 0 radical (unpaired) electrons. The van der Waals surface area contributed by atoms with Gasteiger partial charge in [0.2, 0.25) is 5.91 Å². The first-order chi connectivity index (χ1) is 8.58. The Labute approximate surface area is 108 Å². The van der Waals surface area contributed by atoms with Crippen molar-refractivity contribution in [2.45, 2.75) is 24.5 Å². The summed E-state index contributed by atoms with van der Waals surface area (Å²) in [6, 6.07) is 1.79. The first kappa shape index (κ1) is 13.1. The molecular weight excluding hydrogens is 258 g/mol. The van der Waals surface area contributed by atoms with Crippen LogP contribution < -0.4 is 11.1 Å². The van der Waals surface area contributed by atoms with Crippen molar-refractivity contribution in [1.29, 1.82) is 0 Å². The van der Waals surface area contributed by atoms with Gasteiger partial charge in [0.05, 0.1) is 16.6 Å². The Hall–Kier alpha value is -1.30. The molecule has 1 unspecified atom stereocenters. The number of nitrogens with one attached hydrogen (secondary N) is 1. The van der Waals surface area contributed by atoms with E-state index < -0.39 is 11.6 Å². The quantitative estimate of drug-likeness (QED) is 0.814. The van der Waals surface area contributed by atoms with Crippen molar-refractivity contribution < 1.29 is 13.6 Å². The van der Waals surface area contributed by atoms with Crippen molar-refractivity contribution in [3.05, 3.63) is 23.8 Å². The number of amides is 1. The second-order valence-electron chi connectivity index (χ2n) is 4.20. The van der Waals surface area contributed by atoms with Crippen LogP contribution in [0.15, 0.2) is 12.1 Å². The van der Waals surface area contributed by atoms with Crippen molar-refractivity contribution in [3.8, 4) is 0 Å². The highest BCUT2D eigenvalue weighted by atomic mass is 32.2. The lowest BCUT2D eigenvalue weighted by atomic mass is 10.1. The largest absolute Gasteiger partial charge is 0.396 e. The fourth-order valence-corrected chi connectivity index (χ4v) is 3.02. The SMILES string of the molecule is Nc1cc(NC(=O)C2CCCCS2)c(F)cc1F. The number of thioether (sulfide) groups is 1. The van der Waals surface area contributed by atoms with Crippen LogP contribution in [0, 0.1) is 11.6 Å². The Balaban J connectivity index is 2.08. The van der Waals surface area contributed by atoms with Gasteiger partial charge in [-0.05, 0) is 24.7 Å². The van der Waals surface area contributed by atoms with Crippen molar-refractivity contribution >= 4 is 29.0 Å². The zero-order valence-electron chi connectivity index (χ0n) is 9.71. The first-order valence-corrected chi connectivity index (χ1v) is 6.80. The molecule has 1 fully saturated rings. The topological polar surface area (TPSA) is 55.1 Å². The van der Waals surface area contributed by atoms with Gasteiger partial charge >= 0.3 is 0 Å². The van der Waals surface area contributed by atoms with Gasteiger partial charge in [-0.1, -0.05) is 6.42 Å². The summed E-state index contributed by atoms with van der Waals surface area (Å²) in [4.78, 5) is 11.9. The molecule has 0 aliphatic carbocycles. The Kier molecular flexibility index (Phi) is 4.06. The second kappa shape index (κ2) is 5.56. The highest BCUT2D eigenvalue weighted by Gasteiger charge is 2.22. The average molecular weight is 272 g/mol. The van der Waals surface area contributed by atoms with E-state index in [1.165, 1.54) is 0 Å². The highest BCUT2D eigenvalue weighted by Crippen LogP contribution is 2.27. The smallest absolute Gasteiger partial charge is 0.237 e. The number of anilines is 2. The lowest BCUT2D eigenvalue weighted by Gasteiger charge is -2.20. The van der Waals surface area contributed by atoms with E-state index in [0.29, 0.717) is 6.07 Å². The molecule has 1 aliphatic heterocycles. The summed E-state index contributed by atoms with van der Waals surface area (Å²) in [7, 11) is 0. The molecule has 18 heavy (non-hydrogen) atoms. The number of nitrogens with two attached hydrogens (primary N) is 1. The molecule has 1 atom stereocenters. The fraction of sp³-hybridized carbons (Fsp3) is 0.417. The molecular formula is C12H14F2N2OS. The zero-order chi connectivity index (χ0) is 13.1. The Morgan fingerprint density at radius 3 is 2.78 bits per heavy atom. The Bertz CT molecular complexity index is 462. The summed E-state index contributed by atoms with van der Waals surface area (Å²) < 4.78 is 26.4. The number of hydrogen-bond acceptors (Lipinski definition) is 3. The highest BCUT2D eigenvalue weighted by molar-refractivity contribution is 8.00. The Morgan fingerprint density at radius 1 is 1.33 bits per heavy atom. The molecule has 3 nitrogen and oxygen atoms in total. The lowest BCUT2D eigenvalue weighted by molar-refractivity contribution is -0.115. The predicted molar refractivity (Wildman–Crippen MR) is 69.5 cm³/mol. The minimum Gasteiger partial charge on any atom is -0.396 e. The fourth-order valence-electron chi connectivity index (χ4n) is 1.82. The molecule has 1 aromatic rings. The third kappa shape index (κ3) is 2.93. The third-order valence-corrected chi connectivity index (χ3v) is 4.19. The number of nitrogen functional groups attached to an aromatic ring is 1. The summed E-state index contributed by atoms with van der Waals surface area (Å²) in [5.74, 6) is -0.940. The lowest BCUT2D eigenvalue weighted by Crippen LogP contribution is -2.28. The molecule has 0 saturated carbocycles. The van der Waals surface area contributed by atoms with Crippen molar-refractivity contribution in [2.24, 2.45) is 0 Å². The van der Waals surface area contributed by atoms with E-state index in [-0.39, 0.29) is 22.5 Å². The molecule has 6 heteroatoms. The van der Waals surface area contributed by atoms with Gasteiger partial charge in [-0.3, -0.25) is 4.79 Å². The number of halogens is 2. The van der Waals surface area contributed by atoms with Crippen LogP contribution in [-0.2, 0) is 4.79 Å². The van der Waals surface area contributed by atoms with Crippen LogP contribution in [-0.4, -0.2) is 16.9 Å². The van der Waals surface area contributed by atoms with E-state index in [4.69, 9.17) is 5.73 Å². The van der Waals surface area contributed by atoms with E-state index >= 15 is 0 Å². The van der Waals surface area contributed by atoms with E-state index in [0.717, 1.165) is 31.1 Å². The maximum atomic E-state index is 13.4. The van der Waals surface area contributed by atoms with Crippen molar-refractivity contribution in [2.75, 3.05) is 16.8 Å². The van der Waals surface area contributed by atoms with Gasteiger partial charge in [-0.2, -0.15) is 0 Å². The minimum atomic E-state index is -0.822. The average Bonchev–Trinajstić information content (AvgIpc) is 2.37. The normalized spacial score (nSPS) is 19.6. The zero-order valence-corrected chi connectivity index (χ0v) is 10.5. The van der Waals surface area contributed by atoms with Gasteiger partial charge in [0.25, 0.3) is 0 Å². The van der Waals surface area contributed by atoms with Gasteiger partial charge in [0.15, 0.2) is 0 Å². The van der Waals surface area contributed by atoms with Gasteiger partial charge in [0, 0.05) is 6.07 Å². The number of benzene rings is 1. The van der Waals surface area contributed by atoms with E-state index in [9.17, 15) is 13.6 Å². The maximum Gasteiger partial charge on any atom is 0.237 e. The molecule has 2 rings (SSSR count). The van der Waals surface area contributed by atoms with Crippen molar-refractivity contribution in [1.82, 2.24) is 0 Å². The minimum absolute atomic E-state index is 0.0647. The van der Waals surface area contributed by atoms with Crippen LogP contribution in [0.2, 0.25) is 0 Å². The van der Waals surface area contributed by atoms with Gasteiger partial charge in [0.1, 0.15) is 11.6 Å². The molecule has 98 valence electrons. The van der Waals surface area contributed by atoms with Crippen LogP contribution >= 0.6 is 11.8 Å². The molecule has 1 amide bonds. The standard InChI is InChI=1S/C12H14F2N2OS/c13-7-5-8(14)10(6-9(7)15)16-12(17)11-3-1-2-4-18-11/h5-6,11H,1-4,15H2,(H,16,17). The first-order valence-electron chi connectivity index (χ1n) is 5.75. The molecule has 1 heterocycles. The van der Waals surface area contributed by atoms with E-state index in [1.54, 1.807) is 11.8 Å². The molecule has 0 bridgehead atoms. The second-order valence-corrected chi connectivity index (χ2v) is 5.51. The summed E-state index contributed by atoms with van der Waals surface area (Å²) in [5.41, 5.74) is 5.10.